The van der Waals surface area contributed by atoms with Crippen molar-refractivity contribution in [2.45, 2.75) is 125 Å². The molecule has 0 aromatic carbocycles. The van der Waals surface area contributed by atoms with Crippen LogP contribution >= 0.6 is 0 Å². The monoisotopic (exact) mass is 471 g/mol. The van der Waals surface area contributed by atoms with Gasteiger partial charge in [0.15, 0.2) is 0 Å². The van der Waals surface area contributed by atoms with Gasteiger partial charge in [-0.2, -0.15) is 0 Å². The summed E-state index contributed by atoms with van der Waals surface area (Å²) in [5, 5.41) is 4.61. The quantitative estimate of drug-likeness (QED) is 0.268. The van der Waals surface area contributed by atoms with Crippen LogP contribution < -0.4 is 0 Å². The molecular weight excluding hydrogens is 418 g/mol. The minimum absolute atomic E-state index is 0.406. The highest BCUT2D eigenvalue weighted by Crippen LogP contribution is 2.67. The zero-order valence-electron chi connectivity index (χ0n) is 23.2. The van der Waals surface area contributed by atoms with Crippen molar-refractivity contribution in [2.75, 3.05) is 0 Å². The molecule has 7 unspecified atom stereocenters. The summed E-state index contributed by atoms with van der Waals surface area (Å²) in [5.41, 5.74) is 3.92. The summed E-state index contributed by atoms with van der Waals surface area (Å²) in [5.74, 6) is 5.54. The third kappa shape index (κ3) is 5.05. The molecule has 3 heteroatoms. The molecule has 188 valence electrons. The number of rotatable bonds is 7. The molecule has 0 amide bonds. The summed E-state index contributed by atoms with van der Waals surface area (Å²) >= 11 is 0. The van der Waals surface area contributed by atoms with Crippen molar-refractivity contribution in [3.63, 3.8) is 0 Å². The fourth-order valence-corrected chi connectivity index (χ4v) is 9.25. The first kappa shape index (κ1) is 25.5. The number of hydrogen-bond donors (Lipinski definition) is 0. The molecule has 33 heavy (non-hydrogen) atoms. The lowest BCUT2D eigenvalue weighted by atomic mass is 9.46. The third-order valence-electron chi connectivity index (χ3n) is 10.6. The molecule has 4 aliphatic carbocycles. The van der Waals surface area contributed by atoms with Crippen molar-refractivity contribution in [2.24, 2.45) is 51.5 Å². The highest BCUT2D eigenvalue weighted by molar-refractivity contribution is 6.69. The van der Waals surface area contributed by atoms with Gasteiger partial charge in [-0.25, -0.2) is 0 Å². The lowest BCUT2D eigenvalue weighted by Crippen LogP contribution is -2.51. The molecule has 3 saturated carbocycles. The summed E-state index contributed by atoms with van der Waals surface area (Å²) in [4.78, 5) is 0. The Labute approximate surface area is 206 Å². The van der Waals surface area contributed by atoms with Crippen molar-refractivity contribution in [1.82, 2.24) is 0 Å². The van der Waals surface area contributed by atoms with Gasteiger partial charge in [0.2, 0.25) is 0 Å². The third-order valence-corrected chi connectivity index (χ3v) is 11.3. The molecule has 7 atom stereocenters. The molecule has 0 aromatic rings. The van der Waals surface area contributed by atoms with Crippen LogP contribution in [0.3, 0.4) is 0 Å². The van der Waals surface area contributed by atoms with Gasteiger partial charge in [0, 0.05) is 0 Å². The van der Waals surface area contributed by atoms with Gasteiger partial charge in [0.1, 0.15) is 0 Å². The lowest BCUT2D eigenvalue weighted by molar-refractivity contribution is -0.0573. The number of hydrogen-bond acceptors (Lipinski definition) is 2. The Morgan fingerprint density at radius 3 is 2.42 bits per heavy atom. The van der Waals surface area contributed by atoms with Gasteiger partial charge in [-0.1, -0.05) is 59.5 Å². The Morgan fingerprint density at radius 1 is 0.970 bits per heavy atom. The topological polar surface area (TPSA) is 21.6 Å². The zero-order chi connectivity index (χ0) is 24.0. The van der Waals surface area contributed by atoms with Gasteiger partial charge in [-0.3, -0.25) is 0 Å². The van der Waals surface area contributed by atoms with Crippen LogP contribution in [0.5, 0.6) is 0 Å². The maximum Gasteiger partial charge on any atom is 0.278 e. The van der Waals surface area contributed by atoms with Crippen LogP contribution in [-0.2, 0) is 4.53 Å². The first-order valence-corrected chi connectivity index (χ1v) is 17.8. The molecule has 0 radical (unpaired) electrons. The van der Waals surface area contributed by atoms with E-state index in [4.69, 9.17) is 4.53 Å². The summed E-state index contributed by atoms with van der Waals surface area (Å²) in [6, 6.07) is 0. The molecule has 0 N–H and O–H groups in total. The van der Waals surface area contributed by atoms with E-state index in [-0.39, 0.29) is 0 Å². The Balaban J connectivity index is 1.47. The van der Waals surface area contributed by atoms with Crippen LogP contribution in [0.1, 0.15) is 105 Å². The molecule has 4 rings (SSSR count). The normalized spacial score (nSPS) is 40.8. The first-order chi connectivity index (χ1) is 15.4. The smallest absolute Gasteiger partial charge is 0.278 e. The predicted octanol–water partition coefficient (Wildman–Crippen LogP) is 9.24. The van der Waals surface area contributed by atoms with Crippen molar-refractivity contribution in [3.8, 4) is 0 Å². The summed E-state index contributed by atoms with van der Waals surface area (Å²) in [7, 11) is -1.60. The van der Waals surface area contributed by atoms with E-state index in [1.54, 1.807) is 5.57 Å². The minimum Gasteiger partial charge on any atom is -0.455 e. The molecule has 0 bridgehead atoms. The Kier molecular flexibility index (Phi) is 7.32. The average molecular weight is 472 g/mol. The van der Waals surface area contributed by atoms with Crippen LogP contribution in [-0.4, -0.2) is 14.0 Å². The van der Waals surface area contributed by atoms with Crippen LogP contribution in [0.25, 0.3) is 0 Å². The average Bonchev–Trinajstić information content (AvgIpc) is 3.08. The molecule has 0 saturated heterocycles. The zero-order valence-corrected chi connectivity index (χ0v) is 24.2. The van der Waals surface area contributed by atoms with E-state index in [1.165, 1.54) is 69.9 Å². The standard InChI is InChI=1S/C30H53NOSi/c1-21(2)10-9-11-22(3)26-14-15-27-25-13-12-23-20-24(31-32-33(6,7)8)16-18-29(23,4)28(25)17-19-30(26,27)5/h20-22,25-28H,9-19H2,1-8H3/b31-24+. The van der Waals surface area contributed by atoms with Crippen molar-refractivity contribution < 1.29 is 4.53 Å². The molecule has 3 fully saturated rings. The highest BCUT2D eigenvalue weighted by Gasteiger charge is 2.59. The number of nitrogens with zero attached hydrogens (tertiary/aromatic N) is 1. The first-order valence-electron chi connectivity index (χ1n) is 14.4. The van der Waals surface area contributed by atoms with Gasteiger partial charge >= 0.3 is 0 Å². The van der Waals surface area contributed by atoms with Crippen LogP contribution in [0.2, 0.25) is 19.6 Å². The predicted molar refractivity (Wildman–Crippen MR) is 145 cm³/mol. The van der Waals surface area contributed by atoms with Crippen molar-refractivity contribution >= 4 is 14.0 Å². The molecule has 0 spiro atoms. The Hall–Kier alpha value is -0.573. The van der Waals surface area contributed by atoms with Crippen LogP contribution in [0.15, 0.2) is 16.8 Å². The van der Waals surface area contributed by atoms with E-state index in [9.17, 15) is 0 Å². The second kappa shape index (κ2) is 9.47. The van der Waals surface area contributed by atoms with E-state index in [2.05, 4.69) is 65.5 Å². The van der Waals surface area contributed by atoms with E-state index in [0.29, 0.717) is 10.8 Å². The molecule has 2 nitrogen and oxygen atoms in total. The van der Waals surface area contributed by atoms with Crippen LogP contribution in [0, 0.1) is 46.3 Å². The molecule has 0 heterocycles. The van der Waals surface area contributed by atoms with E-state index in [1.807, 2.05) is 0 Å². The summed E-state index contributed by atoms with van der Waals surface area (Å²) in [6.45, 7) is 19.4. The van der Waals surface area contributed by atoms with E-state index >= 15 is 0 Å². The van der Waals surface area contributed by atoms with Gasteiger partial charge in [-0.05, 0) is 123 Å². The van der Waals surface area contributed by atoms with Gasteiger partial charge in [0.25, 0.3) is 8.32 Å². The lowest BCUT2D eigenvalue weighted by Gasteiger charge is -2.58. The summed E-state index contributed by atoms with van der Waals surface area (Å²) in [6.07, 6.45) is 17.8. The SMILES string of the molecule is CC(C)CCCC(C)C1CCC2C3CCC4=C/C(=N/O[Si](C)(C)C)CCC4(C)C3CCC12C. The number of oxime groups is 1. The van der Waals surface area contributed by atoms with Gasteiger partial charge in [0.05, 0.1) is 5.71 Å². The van der Waals surface area contributed by atoms with Gasteiger partial charge < -0.3 is 4.53 Å². The summed E-state index contributed by atoms with van der Waals surface area (Å²) < 4.78 is 5.92. The molecule has 4 aliphatic rings. The highest BCUT2D eigenvalue weighted by atomic mass is 28.4. The van der Waals surface area contributed by atoms with Crippen molar-refractivity contribution in [3.05, 3.63) is 11.6 Å². The van der Waals surface area contributed by atoms with E-state index < -0.39 is 8.32 Å². The van der Waals surface area contributed by atoms with Crippen LogP contribution in [0.4, 0.5) is 0 Å². The fourth-order valence-electron chi connectivity index (χ4n) is 8.86. The maximum absolute atomic E-state index is 5.92. The maximum atomic E-state index is 5.92. The second-order valence-corrected chi connectivity index (χ2v) is 18.7. The molecular formula is C30H53NOSi. The Bertz CT molecular complexity index is 764. The molecule has 0 aromatic heterocycles. The largest absolute Gasteiger partial charge is 0.455 e. The van der Waals surface area contributed by atoms with E-state index in [0.717, 1.165) is 41.9 Å². The van der Waals surface area contributed by atoms with Crippen molar-refractivity contribution in [1.29, 1.82) is 0 Å². The minimum atomic E-state index is -1.60. The Morgan fingerprint density at radius 2 is 1.73 bits per heavy atom. The number of allylic oxidation sites excluding steroid dienone is 2. The number of fused-ring (bicyclic) bond motifs is 5. The van der Waals surface area contributed by atoms with Gasteiger partial charge in [-0.15, -0.1) is 5.16 Å². The molecule has 0 aliphatic heterocycles. The second-order valence-electron chi connectivity index (χ2n) is 14.3. The fraction of sp³-hybridized carbons (Fsp3) is 0.900.